The Bertz CT molecular complexity index is 1190. The van der Waals surface area contributed by atoms with Gasteiger partial charge in [-0.05, 0) is 67.6 Å². The van der Waals surface area contributed by atoms with Crippen LogP contribution in [0.5, 0.6) is 0 Å². The lowest BCUT2D eigenvalue weighted by Gasteiger charge is -2.29. The Hall–Kier alpha value is -3.77. The molecule has 2 N–H and O–H groups in total. The van der Waals surface area contributed by atoms with Crippen molar-refractivity contribution in [1.29, 1.82) is 0 Å². The minimum Gasteiger partial charge on any atom is -0.456 e. The number of nitrogens with one attached hydrogen (secondary N) is 2. The number of carbonyl (C=O) groups is 1. The molecule has 0 spiro atoms. The van der Waals surface area contributed by atoms with Gasteiger partial charge in [0.1, 0.15) is 17.4 Å². The summed E-state index contributed by atoms with van der Waals surface area (Å²) < 4.78 is 11.3. The molecule has 2 heterocycles. The van der Waals surface area contributed by atoms with Crippen molar-refractivity contribution in [1.82, 2.24) is 0 Å². The van der Waals surface area contributed by atoms with Crippen LogP contribution in [0.25, 0.3) is 22.3 Å². The summed E-state index contributed by atoms with van der Waals surface area (Å²) in [5, 5.41) is 7.33. The van der Waals surface area contributed by atoms with Gasteiger partial charge < -0.3 is 24.7 Å². The van der Waals surface area contributed by atoms with Crippen LogP contribution in [0, 0.1) is 0 Å². The lowest BCUT2D eigenvalue weighted by molar-refractivity contribution is -0.116. The number of rotatable bonds is 6. The summed E-state index contributed by atoms with van der Waals surface area (Å²) in [7, 11) is 0. The Balaban J connectivity index is 1.18. The van der Waals surface area contributed by atoms with E-state index in [1.165, 1.54) is 0 Å². The fourth-order valence-electron chi connectivity index (χ4n) is 4.00. The largest absolute Gasteiger partial charge is 0.456 e. The lowest BCUT2D eigenvalue weighted by atomic mass is 10.1. The Morgan fingerprint density at radius 3 is 2.33 bits per heavy atom. The van der Waals surface area contributed by atoms with E-state index in [1.807, 2.05) is 85.8 Å². The topological polar surface area (TPSA) is 66.7 Å². The minimum absolute atomic E-state index is 0.0875. The quantitative estimate of drug-likeness (QED) is 0.421. The van der Waals surface area contributed by atoms with Crippen molar-refractivity contribution >= 4 is 33.9 Å². The van der Waals surface area contributed by atoms with E-state index in [2.05, 4.69) is 15.5 Å². The number of hydrogen-bond acceptors (Lipinski definition) is 5. The molecule has 5 rings (SSSR count). The summed E-state index contributed by atoms with van der Waals surface area (Å²) in [5.74, 6) is 0.740. The highest BCUT2D eigenvalue weighted by Crippen LogP contribution is 2.28. The third-order valence-corrected chi connectivity index (χ3v) is 5.88. The van der Waals surface area contributed by atoms with E-state index in [0.717, 1.165) is 65.7 Å². The summed E-state index contributed by atoms with van der Waals surface area (Å²) in [5.41, 5.74) is 4.67. The number of benzene rings is 3. The molecule has 1 atom stereocenters. The molecule has 168 valence electrons. The third kappa shape index (κ3) is 4.86. The second-order valence-electron chi connectivity index (χ2n) is 8.23. The zero-order valence-corrected chi connectivity index (χ0v) is 18.6. The zero-order valence-electron chi connectivity index (χ0n) is 18.6. The number of anilines is 3. The first kappa shape index (κ1) is 21.1. The molecule has 1 saturated heterocycles. The van der Waals surface area contributed by atoms with Crippen molar-refractivity contribution < 1.29 is 13.9 Å². The molecule has 3 aromatic carbocycles. The Morgan fingerprint density at radius 1 is 0.909 bits per heavy atom. The molecule has 0 unspecified atom stereocenters. The van der Waals surface area contributed by atoms with Gasteiger partial charge in [-0.3, -0.25) is 4.79 Å². The monoisotopic (exact) mass is 441 g/mol. The van der Waals surface area contributed by atoms with Crippen molar-refractivity contribution in [2.24, 2.45) is 0 Å². The zero-order chi connectivity index (χ0) is 22.6. The fourth-order valence-corrected chi connectivity index (χ4v) is 4.00. The molecule has 0 aliphatic carbocycles. The van der Waals surface area contributed by atoms with E-state index in [-0.39, 0.29) is 11.9 Å². The van der Waals surface area contributed by atoms with E-state index in [1.54, 1.807) is 0 Å². The van der Waals surface area contributed by atoms with Crippen molar-refractivity contribution in [3.05, 3.63) is 78.9 Å². The Labute approximate surface area is 193 Å². The molecule has 0 saturated carbocycles. The summed E-state index contributed by atoms with van der Waals surface area (Å²) in [6.07, 6.45) is 0. The number of fused-ring (bicyclic) bond motifs is 1. The molecule has 0 radical (unpaired) electrons. The highest BCUT2D eigenvalue weighted by atomic mass is 16.5. The smallest absolute Gasteiger partial charge is 0.246 e. The van der Waals surface area contributed by atoms with Crippen LogP contribution in [0.4, 0.5) is 17.1 Å². The van der Waals surface area contributed by atoms with Crippen LogP contribution >= 0.6 is 0 Å². The summed E-state index contributed by atoms with van der Waals surface area (Å²) in [4.78, 5) is 15.0. The van der Waals surface area contributed by atoms with E-state index in [4.69, 9.17) is 9.15 Å². The molecule has 1 aliphatic rings. The molecule has 6 nitrogen and oxygen atoms in total. The molecular weight excluding hydrogens is 414 g/mol. The van der Waals surface area contributed by atoms with Gasteiger partial charge >= 0.3 is 0 Å². The van der Waals surface area contributed by atoms with E-state index in [9.17, 15) is 4.79 Å². The first-order valence-corrected chi connectivity index (χ1v) is 11.2. The highest BCUT2D eigenvalue weighted by Gasteiger charge is 2.15. The number of amides is 1. The van der Waals surface area contributed by atoms with Crippen LogP contribution < -0.4 is 15.5 Å². The molecule has 0 bridgehead atoms. The molecule has 1 aromatic heterocycles. The predicted molar refractivity (Wildman–Crippen MR) is 133 cm³/mol. The van der Waals surface area contributed by atoms with Gasteiger partial charge in [-0.2, -0.15) is 0 Å². The second-order valence-corrected chi connectivity index (χ2v) is 8.23. The van der Waals surface area contributed by atoms with Gasteiger partial charge in [0.15, 0.2) is 0 Å². The van der Waals surface area contributed by atoms with Crippen molar-refractivity contribution in [2.75, 3.05) is 41.8 Å². The average Bonchev–Trinajstić information content (AvgIpc) is 3.30. The Morgan fingerprint density at radius 2 is 1.61 bits per heavy atom. The SMILES string of the molecule is C[C@H](Nc1ccc(-c2cc3ccccc3o2)cc1)C(=O)Nc1ccc(N2CCOCC2)cc1. The van der Waals surface area contributed by atoms with Crippen LogP contribution in [-0.4, -0.2) is 38.3 Å². The number of carbonyl (C=O) groups excluding carboxylic acids is 1. The van der Waals surface area contributed by atoms with Crippen LogP contribution in [-0.2, 0) is 9.53 Å². The van der Waals surface area contributed by atoms with Gasteiger partial charge in [0, 0.05) is 41.1 Å². The van der Waals surface area contributed by atoms with Crippen LogP contribution in [0.15, 0.2) is 83.3 Å². The number of ether oxygens (including phenoxy) is 1. The van der Waals surface area contributed by atoms with Gasteiger partial charge in [0.05, 0.1) is 13.2 Å². The third-order valence-electron chi connectivity index (χ3n) is 5.88. The average molecular weight is 442 g/mol. The molecule has 1 amide bonds. The van der Waals surface area contributed by atoms with Gasteiger partial charge in [-0.25, -0.2) is 0 Å². The van der Waals surface area contributed by atoms with Gasteiger partial charge in [0.25, 0.3) is 0 Å². The molecule has 33 heavy (non-hydrogen) atoms. The number of furan rings is 1. The van der Waals surface area contributed by atoms with Gasteiger partial charge in [0.2, 0.25) is 5.91 Å². The van der Waals surface area contributed by atoms with Crippen LogP contribution in [0.2, 0.25) is 0 Å². The highest BCUT2D eigenvalue weighted by molar-refractivity contribution is 5.96. The maximum absolute atomic E-state index is 12.7. The van der Waals surface area contributed by atoms with Crippen molar-refractivity contribution in [3.8, 4) is 11.3 Å². The van der Waals surface area contributed by atoms with Gasteiger partial charge in [-0.1, -0.05) is 18.2 Å². The minimum atomic E-state index is -0.388. The van der Waals surface area contributed by atoms with E-state index in [0.29, 0.717) is 0 Å². The molecule has 1 fully saturated rings. The first-order chi connectivity index (χ1) is 16.2. The number of hydrogen-bond donors (Lipinski definition) is 2. The normalized spacial score (nSPS) is 14.8. The van der Waals surface area contributed by atoms with Crippen molar-refractivity contribution in [3.63, 3.8) is 0 Å². The standard InChI is InChI=1S/C27H27N3O3/c1-19(27(31)29-23-10-12-24(13-11-23)30-14-16-32-17-15-30)28-22-8-6-20(7-9-22)26-18-21-4-2-3-5-25(21)33-26/h2-13,18-19,28H,14-17H2,1H3,(H,29,31)/t19-/m0/s1. The summed E-state index contributed by atoms with van der Waals surface area (Å²) >= 11 is 0. The summed E-state index contributed by atoms with van der Waals surface area (Å²) in [6.45, 7) is 5.13. The van der Waals surface area contributed by atoms with Crippen molar-refractivity contribution in [2.45, 2.75) is 13.0 Å². The number of nitrogens with zero attached hydrogens (tertiary/aromatic N) is 1. The van der Waals surface area contributed by atoms with E-state index >= 15 is 0 Å². The number of morpholine rings is 1. The van der Waals surface area contributed by atoms with E-state index < -0.39 is 0 Å². The van der Waals surface area contributed by atoms with Crippen LogP contribution in [0.3, 0.4) is 0 Å². The van der Waals surface area contributed by atoms with Gasteiger partial charge in [-0.15, -0.1) is 0 Å². The maximum Gasteiger partial charge on any atom is 0.246 e. The second kappa shape index (κ2) is 9.38. The summed E-state index contributed by atoms with van der Waals surface area (Å²) in [6, 6.07) is 25.5. The lowest BCUT2D eigenvalue weighted by Crippen LogP contribution is -2.36. The fraction of sp³-hybridized carbons (Fsp3) is 0.222. The first-order valence-electron chi connectivity index (χ1n) is 11.2. The molecule has 6 heteroatoms. The van der Waals surface area contributed by atoms with Crippen LogP contribution in [0.1, 0.15) is 6.92 Å². The Kier molecular flexibility index (Phi) is 6.00. The number of para-hydroxylation sites is 1. The molecular formula is C27H27N3O3. The molecule has 1 aliphatic heterocycles. The predicted octanol–water partition coefficient (Wildman–Crippen LogP) is 5.38. The maximum atomic E-state index is 12.7. The molecule has 4 aromatic rings.